The van der Waals surface area contributed by atoms with Crippen LogP contribution in [-0.2, 0) is 19.0 Å². The smallest absolute Gasteiger partial charge is 0.410 e. The third-order valence-electron chi connectivity index (χ3n) is 11.5. The highest BCUT2D eigenvalue weighted by molar-refractivity contribution is 5.93. The van der Waals surface area contributed by atoms with Crippen molar-refractivity contribution in [1.82, 2.24) is 19.6 Å². The first-order chi connectivity index (χ1) is 28.8. The molecule has 0 aromatic rings. The number of piperazine rings is 1. The molecule has 2 rings (SSSR count). The SMILES string of the molecule is C=CC/C=C\C(=C/CCC(C(C)C)N(CC)C(=O)OC(C)(C)C)CN1CCN(CC(=C(\OC)C(C)C)/C(=C\CC/C(C)=C/N(C)C(=O)C(=C=C(C)C)CC)COC)C2(CC2)C1. The van der Waals surface area contributed by atoms with Crippen LogP contribution in [0.4, 0.5) is 4.79 Å². The van der Waals surface area contributed by atoms with Gasteiger partial charge in [0.1, 0.15) is 11.4 Å². The number of nitrogens with zero attached hydrogens (tertiary/aromatic N) is 4. The number of rotatable bonds is 24. The molecule has 1 heterocycles. The van der Waals surface area contributed by atoms with E-state index in [1.54, 1.807) is 19.1 Å². The average Bonchev–Trinajstić information content (AvgIpc) is 3.94. The van der Waals surface area contributed by atoms with Crippen molar-refractivity contribution in [2.45, 2.75) is 152 Å². The first kappa shape index (κ1) is 53.5. The molecule has 1 saturated heterocycles. The van der Waals surface area contributed by atoms with E-state index >= 15 is 0 Å². The van der Waals surface area contributed by atoms with E-state index in [0.29, 0.717) is 31.1 Å². The minimum absolute atomic E-state index is 0.00792. The van der Waals surface area contributed by atoms with Gasteiger partial charge >= 0.3 is 6.09 Å². The van der Waals surface area contributed by atoms with E-state index < -0.39 is 5.60 Å². The quantitative estimate of drug-likeness (QED) is 0.0315. The van der Waals surface area contributed by atoms with Crippen LogP contribution >= 0.6 is 0 Å². The van der Waals surface area contributed by atoms with Crippen LogP contribution in [0.1, 0.15) is 134 Å². The number of likely N-dealkylation sites (N-methyl/N-ethyl adjacent to an activating group) is 1. The van der Waals surface area contributed by atoms with Gasteiger partial charge in [-0.25, -0.2) is 4.79 Å². The summed E-state index contributed by atoms with van der Waals surface area (Å²) in [6.07, 6.45) is 20.1. The molecule has 1 aliphatic carbocycles. The summed E-state index contributed by atoms with van der Waals surface area (Å²) in [5.74, 6) is 1.54. The summed E-state index contributed by atoms with van der Waals surface area (Å²) in [4.78, 5) is 35.2. The Balaban J connectivity index is 2.30. The molecule has 1 aliphatic heterocycles. The molecule has 0 aromatic carbocycles. The maximum Gasteiger partial charge on any atom is 0.410 e. The van der Waals surface area contributed by atoms with E-state index in [1.165, 1.54) is 29.6 Å². The largest absolute Gasteiger partial charge is 0.500 e. The molecule has 2 aliphatic rings. The van der Waals surface area contributed by atoms with Gasteiger partial charge in [-0.1, -0.05) is 70.6 Å². The highest BCUT2D eigenvalue weighted by atomic mass is 16.6. The van der Waals surface area contributed by atoms with E-state index in [-0.39, 0.29) is 29.5 Å². The molecule has 61 heavy (non-hydrogen) atoms. The average molecular weight is 847 g/mol. The van der Waals surface area contributed by atoms with Crippen molar-refractivity contribution in [1.29, 1.82) is 0 Å². The lowest BCUT2D eigenvalue weighted by atomic mass is 9.95. The standard InChI is InChI=1S/C52H86N4O5/c1-17-20-21-25-43(26-23-28-47(40(6)7)56(19-3)50(58)61-51(11,12)13)35-54-31-32-55(52(38-54)29-30-52)36-46(48(60-16)41(8)9)45(37-59-15)27-22-24-42(10)34-53(14)49(57)44(18-2)33-39(4)5/h17,21,25-27,34,40-41,47H,1,18-20,22-24,28-32,35-38H2,2-16H3/b25-21-,42-34+,43-26+,45-27-,48-46+. The molecule has 0 bridgehead atoms. The van der Waals surface area contributed by atoms with Crippen molar-refractivity contribution in [2.75, 3.05) is 67.1 Å². The predicted octanol–water partition coefficient (Wildman–Crippen LogP) is 11.4. The third kappa shape index (κ3) is 17.9. The van der Waals surface area contributed by atoms with Crippen LogP contribution in [0, 0.1) is 11.8 Å². The molecule has 0 N–H and O–H groups in total. The number of hydrogen-bond donors (Lipinski definition) is 0. The zero-order valence-electron chi connectivity index (χ0n) is 41.3. The van der Waals surface area contributed by atoms with E-state index in [0.717, 1.165) is 81.7 Å². The number of carbonyl (C=O) groups excluding carboxylic acids is 2. The monoisotopic (exact) mass is 847 g/mol. The Kier molecular flexibility index (Phi) is 22.9. The fraction of sp³-hybridized carbons (Fsp3) is 0.673. The van der Waals surface area contributed by atoms with E-state index in [2.05, 4.69) is 81.0 Å². The molecule has 1 atom stereocenters. The second kappa shape index (κ2) is 26.1. The minimum Gasteiger partial charge on any atom is -0.500 e. The maximum atomic E-state index is 13.2. The highest BCUT2D eigenvalue weighted by Crippen LogP contribution is 2.45. The van der Waals surface area contributed by atoms with E-state index in [1.807, 2.05) is 72.7 Å². The van der Waals surface area contributed by atoms with Crippen LogP contribution in [0.25, 0.3) is 0 Å². The first-order valence-corrected chi connectivity index (χ1v) is 23.0. The molecule has 9 heteroatoms. The van der Waals surface area contributed by atoms with Crippen LogP contribution in [0.15, 0.2) is 88.1 Å². The van der Waals surface area contributed by atoms with Crippen molar-refractivity contribution in [3.63, 3.8) is 0 Å². The molecule has 1 saturated carbocycles. The van der Waals surface area contributed by atoms with E-state index in [4.69, 9.17) is 14.2 Å². The minimum atomic E-state index is -0.527. The van der Waals surface area contributed by atoms with E-state index in [9.17, 15) is 9.59 Å². The maximum absolute atomic E-state index is 13.2. The van der Waals surface area contributed by atoms with Gasteiger partial charge in [-0.15, -0.1) is 12.3 Å². The molecular formula is C52H86N4O5. The normalized spacial score (nSPS) is 17.4. The summed E-state index contributed by atoms with van der Waals surface area (Å²) >= 11 is 0. The van der Waals surface area contributed by atoms with Crippen molar-refractivity contribution in [3.05, 3.63) is 88.1 Å². The number of carbonyl (C=O) groups is 2. The summed E-state index contributed by atoms with van der Waals surface area (Å²) in [5.41, 5.74) is 9.40. The summed E-state index contributed by atoms with van der Waals surface area (Å²) in [6, 6.07) is 0.0946. The zero-order valence-corrected chi connectivity index (χ0v) is 41.3. The van der Waals surface area contributed by atoms with Gasteiger partial charge in [0.2, 0.25) is 0 Å². The van der Waals surface area contributed by atoms with Gasteiger partial charge in [-0.3, -0.25) is 14.6 Å². The van der Waals surface area contributed by atoms with Crippen LogP contribution < -0.4 is 0 Å². The molecular weight excluding hydrogens is 761 g/mol. The molecule has 1 unspecified atom stereocenters. The van der Waals surface area contributed by atoms with Crippen LogP contribution in [0.2, 0.25) is 0 Å². The summed E-state index contributed by atoms with van der Waals surface area (Å²) in [7, 11) is 5.40. The molecule has 9 nitrogen and oxygen atoms in total. The molecule has 0 aromatic heterocycles. The van der Waals surface area contributed by atoms with Crippen LogP contribution in [-0.4, -0.2) is 116 Å². The predicted molar refractivity (Wildman–Crippen MR) is 255 cm³/mol. The Morgan fingerprint density at radius 1 is 0.984 bits per heavy atom. The van der Waals surface area contributed by atoms with Crippen molar-refractivity contribution >= 4 is 12.0 Å². The second-order valence-electron chi connectivity index (χ2n) is 19.0. The lowest BCUT2D eigenvalue weighted by Crippen LogP contribution is -2.55. The van der Waals surface area contributed by atoms with Gasteiger partial charge in [0.25, 0.3) is 5.91 Å². The Labute approximate surface area is 373 Å². The molecule has 344 valence electrons. The molecule has 2 fully saturated rings. The Morgan fingerprint density at radius 3 is 2.20 bits per heavy atom. The number of methoxy groups -OCH3 is 2. The van der Waals surface area contributed by atoms with Crippen LogP contribution in [0.5, 0.6) is 0 Å². The number of amides is 2. The van der Waals surface area contributed by atoms with Crippen LogP contribution in [0.3, 0.4) is 0 Å². The molecule has 2 amide bonds. The highest BCUT2D eigenvalue weighted by Gasteiger charge is 2.51. The fourth-order valence-electron chi connectivity index (χ4n) is 8.36. The summed E-state index contributed by atoms with van der Waals surface area (Å²) in [6.45, 7) is 34.4. The Bertz CT molecular complexity index is 1660. The Morgan fingerprint density at radius 2 is 1.67 bits per heavy atom. The number of hydrogen-bond acceptors (Lipinski definition) is 7. The summed E-state index contributed by atoms with van der Waals surface area (Å²) < 4.78 is 17.8. The third-order valence-corrected chi connectivity index (χ3v) is 11.5. The van der Waals surface area contributed by atoms with Gasteiger partial charge in [0, 0.05) is 82.7 Å². The van der Waals surface area contributed by atoms with Gasteiger partial charge in [0.05, 0.1) is 19.3 Å². The van der Waals surface area contributed by atoms with Crippen molar-refractivity contribution in [3.8, 4) is 0 Å². The van der Waals surface area contributed by atoms with Crippen molar-refractivity contribution in [2.24, 2.45) is 11.8 Å². The van der Waals surface area contributed by atoms with Gasteiger partial charge in [-0.2, -0.15) is 0 Å². The molecule has 1 spiro atoms. The topological polar surface area (TPSA) is 74.8 Å². The zero-order chi connectivity index (χ0) is 45.9. The van der Waals surface area contributed by atoms with Gasteiger partial charge < -0.3 is 24.0 Å². The number of ether oxygens (including phenoxy) is 3. The lowest BCUT2D eigenvalue weighted by Gasteiger charge is -2.43. The lowest BCUT2D eigenvalue weighted by molar-refractivity contribution is -0.123. The fourth-order valence-corrected chi connectivity index (χ4v) is 8.36. The first-order valence-electron chi connectivity index (χ1n) is 23.0. The second-order valence-corrected chi connectivity index (χ2v) is 19.0. The molecule has 0 radical (unpaired) electrons. The van der Waals surface area contributed by atoms with Crippen molar-refractivity contribution < 1.29 is 23.8 Å². The Hall–Kier alpha value is -3.62. The summed E-state index contributed by atoms with van der Waals surface area (Å²) in [5, 5.41) is 0. The van der Waals surface area contributed by atoms with Gasteiger partial charge in [-0.05, 0) is 122 Å². The number of allylic oxidation sites excluding steroid dienone is 6. The van der Waals surface area contributed by atoms with Gasteiger partial charge in [0.15, 0.2) is 0 Å².